The van der Waals surface area contributed by atoms with Crippen LogP contribution in [0, 0.1) is 11.8 Å². The van der Waals surface area contributed by atoms with Crippen molar-refractivity contribution >= 4 is 35.0 Å². The van der Waals surface area contributed by atoms with Crippen molar-refractivity contribution in [3.05, 3.63) is 33.8 Å². The highest BCUT2D eigenvalue weighted by molar-refractivity contribution is 6.35. The largest absolute Gasteiger partial charge is 0.356 e. The van der Waals surface area contributed by atoms with E-state index in [1.54, 1.807) is 12.1 Å². The highest BCUT2D eigenvalue weighted by Crippen LogP contribution is 2.29. The summed E-state index contributed by atoms with van der Waals surface area (Å²) in [7, 11) is 0. The quantitative estimate of drug-likeness (QED) is 0.772. The Hall–Kier alpha value is -1.26. The number of hydrogen-bond donors (Lipinski definition) is 2. The van der Waals surface area contributed by atoms with Crippen LogP contribution in [0.2, 0.25) is 10.0 Å². The summed E-state index contributed by atoms with van der Waals surface area (Å²) in [4.78, 5) is 24.6. The molecule has 1 aliphatic rings. The van der Waals surface area contributed by atoms with Gasteiger partial charge in [0.2, 0.25) is 11.8 Å². The first-order chi connectivity index (χ1) is 12.2. The summed E-state index contributed by atoms with van der Waals surface area (Å²) in [5.74, 6) is 0.194. The van der Waals surface area contributed by atoms with Crippen molar-refractivity contribution in [1.82, 2.24) is 10.6 Å². The van der Waals surface area contributed by atoms with E-state index < -0.39 is 0 Å². The van der Waals surface area contributed by atoms with Gasteiger partial charge in [0, 0.05) is 34.0 Å². The second-order valence-electron chi connectivity index (χ2n) is 8.06. The van der Waals surface area contributed by atoms with E-state index in [-0.39, 0.29) is 29.2 Å². The summed E-state index contributed by atoms with van der Waals surface area (Å²) in [6.07, 6.45) is 3.72. The molecule has 0 aliphatic heterocycles. The van der Waals surface area contributed by atoms with E-state index in [4.69, 9.17) is 23.2 Å². The number of amides is 2. The number of nitrogens with one attached hydrogen (secondary N) is 2. The molecule has 1 aliphatic carbocycles. The molecule has 1 fully saturated rings. The topological polar surface area (TPSA) is 58.2 Å². The van der Waals surface area contributed by atoms with Crippen LogP contribution in [0.15, 0.2) is 18.2 Å². The molecule has 0 unspecified atom stereocenters. The number of halogens is 2. The number of rotatable bonds is 5. The molecule has 4 nitrogen and oxygen atoms in total. The molecule has 0 atom stereocenters. The van der Waals surface area contributed by atoms with Gasteiger partial charge in [-0.25, -0.2) is 0 Å². The SMILES string of the molecule is CC(C)(C)NC(=O)C1CCC(C(=O)NCCc2ccc(Cl)cc2Cl)CC1. The van der Waals surface area contributed by atoms with Gasteiger partial charge in [0.1, 0.15) is 0 Å². The summed E-state index contributed by atoms with van der Waals surface area (Å²) >= 11 is 12.0. The predicted molar refractivity (Wildman–Crippen MR) is 107 cm³/mol. The maximum atomic E-state index is 12.4. The van der Waals surface area contributed by atoms with E-state index >= 15 is 0 Å². The molecule has 0 radical (unpaired) electrons. The van der Waals surface area contributed by atoms with Crippen molar-refractivity contribution in [2.24, 2.45) is 11.8 Å². The van der Waals surface area contributed by atoms with E-state index in [0.717, 1.165) is 31.2 Å². The summed E-state index contributed by atoms with van der Waals surface area (Å²) in [5.41, 5.74) is 0.757. The second kappa shape index (κ2) is 9.09. The maximum Gasteiger partial charge on any atom is 0.223 e. The van der Waals surface area contributed by atoms with Crippen LogP contribution < -0.4 is 10.6 Å². The third kappa shape index (κ3) is 6.48. The van der Waals surface area contributed by atoms with Crippen molar-refractivity contribution in [3.8, 4) is 0 Å². The molecule has 2 N–H and O–H groups in total. The summed E-state index contributed by atoms with van der Waals surface area (Å²) < 4.78 is 0. The van der Waals surface area contributed by atoms with Crippen LogP contribution in [0.1, 0.15) is 52.0 Å². The molecular weight excluding hydrogens is 371 g/mol. The van der Waals surface area contributed by atoms with E-state index in [1.165, 1.54) is 0 Å². The Balaban J connectivity index is 1.73. The lowest BCUT2D eigenvalue weighted by Gasteiger charge is -2.30. The zero-order valence-corrected chi connectivity index (χ0v) is 17.2. The van der Waals surface area contributed by atoms with Gasteiger partial charge in [-0.3, -0.25) is 9.59 Å². The van der Waals surface area contributed by atoms with Gasteiger partial charge >= 0.3 is 0 Å². The average molecular weight is 399 g/mol. The molecular formula is C20H28Cl2N2O2. The zero-order chi connectivity index (χ0) is 19.3. The minimum Gasteiger partial charge on any atom is -0.356 e. The van der Waals surface area contributed by atoms with Crippen LogP contribution in [0.3, 0.4) is 0 Å². The fourth-order valence-corrected chi connectivity index (χ4v) is 3.78. The highest BCUT2D eigenvalue weighted by atomic mass is 35.5. The van der Waals surface area contributed by atoms with Gasteiger partial charge < -0.3 is 10.6 Å². The number of benzene rings is 1. The molecule has 6 heteroatoms. The molecule has 0 aromatic heterocycles. The van der Waals surface area contributed by atoms with Gasteiger partial charge in [0.25, 0.3) is 0 Å². The number of hydrogen-bond acceptors (Lipinski definition) is 2. The Bertz CT molecular complexity index is 648. The number of carbonyl (C=O) groups excluding carboxylic acids is 2. The standard InChI is InChI=1S/C20H28Cl2N2O2/c1-20(2,3)24-19(26)15-6-4-14(5-7-15)18(25)23-11-10-13-8-9-16(21)12-17(13)22/h8-9,12,14-15H,4-7,10-11H2,1-3H3,(H,23,25)(H,24,26). The van der Waals surface area contributed by atoms with Gasteiger partial charge in [0.15, 0.2) is 0 Å². The van der Waals surface area contributed by atoms with Crippen LogP contribution in [0.4, 0.5) is 0 Å². The Morgan fingerprint density at radius 2 is 1.62 bits per heavy atom. The average Bonchev–Trinajstić information content (AvgIpc) is 2.55. The Morgan fingerprint density at radius 3 is 2.15 bits per heavy atom. The molecule has 0 bridgehead atoms. The van der Waals surface area contributed by atoms with Crippen LogP contribution in [-0.2, 0) is 16.0 Å². The molecule has 1 saturated carbocycles. The first-order valence-corrected chi connectivity index (χ1v) is 9.95. The molecule has 1 aromatic carbocycles. The lowest BCUT2D eigenvalue weighted by molar-refractivity contribution is -0.131. The summed E-state index contributed by atoms with van der Waals surface area (Å²) in [5, 5.41) is 7.26. The first kappa shape index (κ1) is 21.0. The van der Waals surface area contributed by atoms with E-state index in [2.05, 4.69) is 10.6 Å². The summed E-state index contributed by atoms with van der Waals surface area (Å²) in [6, 6.07) is 5.40. The van der Waals surface area contributed by atoms with Crippen LogP contribution in [0.5, 0.6) is 0 Å². The van der Waals surface area contributed by atoms with Gasteiger partial charge in [0.05, 0.1) is 0 Å². The lowest BCUT2D eigenvalue weighted by atomic mass is 9.81. The minimum atomic E-state index is -0.214. The molecule has 0 saturated heterocycles. The summed E-state index contributed by atoms with van der Waals surface area (Å²) in [6.45, 7) is 6.50. The molecule has 2 amide bonds. The first-order valence-electron chi connectivity index (χ1n) is 9.19. The van der Waals surface area contributed by atoms with Crippen molar-refractivity contribution in [2.45, 2.75) is 58.4 Å². The van der Waals surface area contributed by atoms with E-state index in [0.29, 0.717) is 23.0 Å². The van der Waals surface area contributed by atoms with Crippen LogP contribution >= 0.6 is 23.2 Å². The fraction of sp³-hybridized carbons (Fsp3) is 0.600. The van der Waals surface area contributed by atoms with E-state index in [9.17, 15) is 9.59 Å². The minimum absolute atomic E-state index is 0.00521. The third-order valence-electron chi connectivity index (χ3n) is 4.68. The monoisotopic (exact) mass is 398 g/mol. The maximum absolute atomic E-state index is 12.4. The highest BCUT2D eigenvalue weighted by Gasteiger charge is 2.31. The van der Waals surface area contributed by atoms with Crippen molar-refractivity contribution in [1.29, 1.82) is 0 Å². The zero-order valence-electron chi connectivity index (χ0n) is 15.7. The van der Waals surface area contributed by atoms with Gasteiger partial charge in [-0.2, -0.15) is 0 Å². The Kier molecular flexibility index (Phi) is 7.36. The predicted octanol–water partition coefficient (Wildman–Crippen LogP) is 4.37. The van der Waals surface area contributed by atoms with Crippen molar-refractivity contribution < 1.29 is 9.59 Å². The molecule has 2 rings (SSSR count). The van der Waals surface area contributed by atoms with Gasteiger partial charge in [-0.1, -0.05) is 29.3 Å². The van der Waals surface area contributed by atoms with Crippen molar-refractivity contribution in [3.63, 3.8) is 0 Å². The molecule has 0 spiro atoms. The lowest BCUT2D eigenvalue weighted by Crippen LogP contribution is -2.45. The molecule has 26 heavy (non-hydrogen) atoms. The van der Waals surface area contributed by atoms with Gasteiger partial charge in [-0.05, 0) is 70.6 Å². The van der Waals surface area contributed by atoms with Gasteiger partial charge in [-0.15, -0.1) is 0 Å². The fourth-order valence-electron chi connectivity index (χ4n) is 3.28. The number of carbonyl (C=O) groups is 2. The normalized spacial score (nSPS) is 20.5. The molecule has 1 aromatic rings. The van der Waals surface area contributed by atoms with E-state index in [1.807, 2.05) is 26.8 Å². The Labute approximate surface area is 166 Å². The molecule has 0 heterocycles. The smallest absolute Gasteiger partial charge is 0.223 e. The van der Waals surface area contributed by atoms with Crippen molar-refractivity contribution in [2.75, 3.05) is 6.54 Å². The second-order valence-corrected chi connectivity index (χ2v) is 8.91. The Morgan fingerprint density at radius 1 is 1.04 bits per heavy atom. The molecule has 144 valence electrons. The van der Waals surface area contributed by atoms with Crippen LogP contribution in [0.25, 0.3) is 0 Å². The van der Waals surface area contributed by atoms with Crippen LogP contribution in [-0.4, -0.2) is 23.9 Å². The third-order valence-corrected chi connectivity index (χ3v) is 5.26.